The summed E-state index contributed by atoms with van der Waals surface area (Å²) in [4.78, 5) is 21.7. The van der Waals surface area contributed by atoms with E-state index < -0.39 is 11.9 Å². The maximum atomic E-state index is 11.3. The van der Waals surface area contributed by atoms with E-state index in [-0.39, 0.29) is 17.1 Å². The lowest BCUT2D eigenvalue weighted by molar-refractivity contribution is 0.0963. The molecule has 6 nitrogen and oxygen atoms in total. The van der Waals surface area contributed by atoms with Gasteiger partial charge in [-0.05, 0) is 12.1 Å². The zero-order valence-corrected chi connectivity index (χ0v) is 7.98. The zero-order valence-electron chi connectivity index (χ0n) is 7.98. The molecule has 0 heterocycles. The molecule has 1 aromatic rings. The molecule has 0 radical (unpaired) electrons. The molecule has 3 amide bonds. The predicted molar refractivity (Wildman–Crippen MR) is 51.7 cm³/mol. The molecule has 0 saturated carbocycles. The van der Waals surface area contributed by atoms with Crippen molar-refractivity contribution in [2.45, 2.75) is 0 Å². The molecule has 0 aliphatic heterocycles. The Labute approximate surface area is 85.6 Å². The molecule has 0 spiro atoms. The topological polar surface area (TPSA) is 102 Å². The lowest BCUT2D eigenvalue weighted by Gasteiger charge is -2.07. The van der Waals surface area contributed by atoms with Gasteiger partial charge < -0.3 is 15.6 Å². The third-order valence-electron chi connectivity index (χ3n) is 1.70. The number of benzene rings is 1. The molecular weight excluding hydrogens is 200 g/mol. The number of amides is 3. The van der Waals surface area contributed by atoms with Gasteiger partial charge in [-0.3, -0.25) is 10.1 Å². The van der Waals surface area contributed by atoms with Gasteiger partial charge in [-0.15, -0.1) is 0 Å². The van der Waals surface area contributed by atoms with Crippen LogP contribution in [0, 0.1) is 0 Å². The number of phenolic OH excluding ortho intramolecular Hbond substituents is 1. The number of methoxy groups -OCH3 is 1. The van der Waals surface area contributed by atoms with Crippen LogP contribution in [0.15, 0.2) is 18.2 Å². The van der Waals surface area contributed by atoms with Gasteiger partial charge in [0, 0.05) is 0 Å². The molecule has 0 saturated heterocycles. The van der Waals surface area contributed by atoms with Crippen LogP contribution in [0.2, 0.25) is 0 Å². The Morgan fingerprint density at radius 2 is 2.13 bits per heavy atom. The van der Waals surface area contributed by atoms with Gasteiger partial charge in [0.15, 0.2) is 11.5 Å². The summed E-state index contributed by atoms with van der Waals surface area (Å²) in [5.74, 6) is -0.968. The van der Waals surface area contributed by atoms with Gasteiger partial charge in [0.25, 0.3) is 5.91 Å². The first-order chi connectivity index (χ1) is 7.06. The average molecular weight is 210 g/mol. The van der Waals surface area contributed by atoms with Gasteiger partial charge >= 0.3 is 6.03 Å². The van der Waals surface area contributed by atoms with E-state index in [4.69, 9.17) is 10.5 Å². The molecule has 0 fully saturated rings. The summed E-state index contributed by atoms with van der Waals surface area (Å²) in [6.07, 6.45) is 0. The highest BCUT2D eigenvalue weighted by Gasteiger charge is 2.15. The largest absolute Gasteiger partial charge is 0.504 e. The van der Waals surface area contributed by atoms with Crippen molar-refractivity contribution in [1.29, 1.82) is 0 Å². The van der Waals surface area contributed by atoms with Crippen LogP contribution in [0.3, 0.4) is 0 Å². The Balaban J connectivity index is 3.04. The van der Waals surface area contributed by atoms with Crippen LogP contribution in [0.1, 0.15) is 10.4 Å². The number of hydrogen-bond acceptors (Lipinski definition) is 4. The van der Waals surface area contributed by atoms with Crippen LogP contribution in [0.5, 0.6) is 11.5 Å². The molecule has 1 rings (SSSR count). The van der Waals surface area contributed by atoms with Gasteiger partial charge in [0.05, 0.1) is 12.7 Å². The lowest BCUT2D eigenvalue weighted by Crippen LogP contribution is -2.34. The molecular formula is C9H10N2O4. The van der Waals surface area contributed by atoms with Crippen LogP contribution >= 0.6 is 0 Å². The van der Waals surface area contributed by atoms with Gasteiger partial charge in [-0.25, -0.2) is 4.79 Å². The molecule has 80 valence electrons. The van der Waals surface area contributed by atoms with Crippen LogP contribution in [-0.4, -0.2) is 24.2 Å². The highest BCUT2D eigenvalue weighted by Crippen LogP contribution is 2.28. The first-order valence-electron chi connectivity index (χ1n) is 4.03. The first-order valence-corrected chi connectivity index (χ1v) is 4.03. The van der Waals surface area contributed by atoms with E-state index in [9.17, 15) is 14.7 Å². The van der Waals surface area contributed by atoms with Crippen molar-refractivity contribution < 1.29 is 19.4 Å². The summed E-state index contributed by atoms with van der Waals surface area (Å²) in [6.45, 7) is 0. The van der Waals surface area contributed by atoms with E-state index in [2.05, 4.69) is 0 Å². The number of ether oxygens (including phenoxy) is 1. The first kappa shape index (κ1) is 10.8. The zero-order chi connectivity index (χ0) is 11.4. The van der Waals surface area contributed by atoms with Crippen LogP contribution in [0.25, 0.3) is 0 Å². The number of carbonyl (C=O) groups is 2. The Kier molecular flexibility index (Phi) is 3.12. The highest BCUT2D eigenvalue weighted by molar-refractivity contribution is 6.05. The second kappa shape index (κ2) is 4.32. The smallest absolute Gasteiger partial charge is 0.319 e. The predicted octanol–water partition coefficient (Wildman–Crippen LogP) is 0.209. The van der Waals surface area contributed by atoms with E-state index in [1.807, 2.05) is 5.32 Å². The number of phenols is 1. The Hall–Kier alpha value is -2.24. The van der Waals surface area contributed by atoms with Crippen molar-refractivity contribution in [3.63, 3.8) is 0 Å². The summed E-state index contributed by atoms with van der Waals surface area (Å²) in [5, 5.41) is 11.4. The van der Waals surface area contributed by atoms with Crippen LogP contribution in [0.4, 0.5) is 4.79 Å². The maximum absolute atomic E-state index is 11.3. The number of rotatable bonds is 2. The maximum Gasteiger partial charge on any atom is 0.319 e. The normalized spacial score (nSPS) is 9.40. The Morgan fingerprint density at radius 3 is 2.67 bits per heavy atom. The molecule has 4 N–H and O–H groups in total. The summed E-state index contributed by atoms with van der Waals surface area (Å²) < 4.78 is 4.79. The van der Waals surface area contributed by atoms with Crippen molar-refractivity contribution in [3.8, 4) is 11.5 Å². The van der Waals surface area contributed by atoms with Gasteiger partial charge in [-0.2, -0.15) is 0 Å². The monoisotopic (exact) mass is 210 g/mol. The number of nitrogens with two attached hydrogens (primary N) is 1. The molecule has 15 heavy (non-hydrogen) atoms. The fraction of sp³-hybridized carbons (Fsp3) is 0.111. The molecule has 0 atom stereocenters. The number of imide groups is 1. The number of carbonyl (C=O) groups excluding carboxylic acids is 2. The SMILES string of the molecule is COc1cccc(C(=O)NC(N)=O)c1O. The van der Waals surface area contributed by atoms with E-state index >= 15 is 0 Å². The van der Waals surface area contributed by atoms with Crippen molar-refractivity contribution in [1.82, 2.24) is 5.32 Å². The summed E-state index contributed by atoms with van der Waals surface area (Å²) in [7, 11) is 1.35. The molecule has 1 aromatic carbocycles. The summed E-state index contributed by atoms with van der Waals surface area (Å²) in [6, 6.07) is 3.35. The average Bonchev–Trinajstić information content (AvgIpc) is 2.17. The Morgan fingerprint density at radius 1 is 1.47 bits per heavy atom. The number of hydrogen-bond donors (Lipinski definition) is 3. The third kappa shape index (κ3) is 2.37. The van der Waals surface area contributed by atoms with Crippen LogP contribution < -0.4 is 15.8 Å². The number of urea groups is 1. The quantitative estimate of drug-likeness (QED) is 0.649. The summed E-state index contributed by atoms with van der Waals surface area (Å²) in [5.41, 5.74) is 4.69. The number of para-hydroxylation sites is 1. The minimum Gasteiger partial charge on any atom is -0.504 e. The summed E-state index contributed by atoms with van der Waals surface area (Å²) >= 11 is 0. The van der Waals surface area contributed by atoms with E-state index in [0.717, 1.165) is 0 Å². The van der Waals surface area contributed by atoms with Gasteiger partial charge in [0.2, 0.25) is 0 Å². The fourth-order valence-electron chi connectivity index (χ4n) is 1.05. The third-order valence-corrected chi connectivity index (χ3v) is 1.70. The van der Waals surface area contributed by atoms with Crippen molar-refractivity contribution in [2.75, 3.05) is 7.11 Å². The fourth-order valence-corrected chi connectivity index (χ4v) is 1.05. The number of nitrogens with one attached hydrogen (secondary N) is 1. The molecule has 0 aliphatic carbocycles. The minimum absolute atomic E-state index is 0.0758. The number of aromatic hydroxyl groups is 1. The van der Waals surface area contributed by atoms with Gasteiger partial charge in [-0.1, -0.05) is 6.07 Å². The molecule has 6 heteroatoms. The molecule has 0 bridgehead atoms. The van der Waals surface area contributed by atoms with E-state index in [1.54, 1.807) is 0 Å². The minimum atomic E-state index is -0.984. The van der Waals surface area contributed by atoms with E-state index in [1.165, 1.54) is 25.3 Å². The second-order valence-electron chi connectivity index (χ2n) is 2.67. The molecule has 0 unspecified atom stereocenters. The molecule has 0 aliphatic rings. The van der Waals surface area contributed by atoms with Crippen LogP contribution in [-0.2, 0) is 0 Å². The van der Waals surface area contributed by atoms with Crippen molar-refractivity contribution in [2.24, 2.45) is 5.73 Å². The number of primary amides is 1. The van der Waals surface area contributed by atoms with Crippen molar-refractivity contribution >= 4 is 11.9 Å². The van der Waals surface area contributed by atoms with Crippen molar-refractivity contribution in [3.05, 3.63) is 23.8 Å². The molecule has 0 aromatic heterocycles. The Bertz CT molecular complexity index is 403. The lowest BCUT2D eigenvalue weighted by atomic mass is 10.1. The van der Waals surface area contributed by atoms with E-state index in [0.29, 0.717) is 0 Å². The standard InChI is InChI=1S/C9H10N2O4/c1-15-6-4-2-3-5(7(6)12)8(13)11-9(10)14/h2-4,12H,1H3,(H3,10,11,13,14). The second-order valence-corrected chi connectivity index (χ2v) is 2.67. The van der Waals surface area contributed by atoms with Gasteiger partial charge in [0.1, 0.15) is 0 Å². The highest BCUT2D eigenvalue weighted by atomic mass is 16.5.